The van der Waals surface area contributed by atoms with Crippen LogP contribution in [0.15, 0.2) is 72.4 Å². The highest BCUT2D eigenvalue weighted by Gasteiger charge is 2.22. The fourth-order valence-corrected chi connectivity index (χ4v) is 4.54. The molecule has 2 aromatic carbocycles. The number of nitrogens with zero attached hydrogens (tertiary/aromatic N) is 5. The van der Waals surface area contributed by atoms with E-state index < -0.39 is 5.82 Å². The minimum absolute atomic E-state index is 0.0233. The third kappa shape index (κ3) is 4.74. The molecule has 35 heavy (non-hydrogen) atoms. The van der Waals surface area contributed by atoms with Gasteiger partial charge >= 0.3 is 0 Å². The van der Waals surface area contributed by atoms with Gasteiger partial charge in [0.15, 0.2) is 11.0 Å². The summed E-state index contributed by atoms with van der Waals surface area (Å²) in [5, 5.41) is 21.4. The fraction of sp³-hybridized carbons (Fsp3) is 0.154. The van der Waals surface area contributed by atoms with Crippen LogP contribution in [0.3, 0.4) is 0 Å². The predicted molar refractivity (Wildman–Crippen MR) is 135 cm³/mol. The minimum Gasteiger partial charge on any atom is -0.310 e. The van der Waals surface area contributed by atoms with Crippen LogP contribution in [0, 0.1) is 31.0 Å². The second kappa shape index (κ2) is 10.4. The summed E-state index contributed by atoms with van der Waals surface area (Å²) in [6.45, 7) is 7.89. The number of benzene rings is 2. The quantitative estimate of drug-likeness (QED) is 0.270. The monoisotopic (exact) mass is 486 g/mol. The van der Waals surface area contributed by atoms with Crippen molar-refractivity contribution in [3.05, 3.63) is 89.9 Å². The summed E-state index contributed by atoms with van der Waals surface area (Å²) in [6.07, 6.45) is 1.66. The molecule has 0 aliphatic heterocycles. The Morgan fingerprint density at radius 2 is 1.89 bits per heavy atom. The minimum atomic E-state index is -0.407. The number of nitriles is 1. The van der Waals surface area contributed by atoms with Gasteiger partial charge in [0.05, 0.1) is 16.9 Å². The average Bonchev–Trinajstić information content (AvgIpc) is 3.36. The molecule has 4 aromatic rings. The van der Waals surface area contributed by atoms with E-state index in [0.717, 1.165) is 16.9 Å². The van der Waals surface area contributed by atoms with Crippen LogP contribution in [0.2, 0.25) is 0 Å². The molecular formula is C26H23FN6OS. The van der Waals surface area contributed by atoms with Crippen molar-refractivity contribution in [3.8, 4) is 23.1 Å². The van der Waals surface area contributed by atoms with Crippen LogP contribution in [-0.4, -0.2) is 31.0 Å². The van der Waals surface area contributed by atoms with Crippen molar-refractivity contribution in [1.82, 2.24) is 19.3 Å². The lowest BCUT2D eigenvalue weighted by Gasteiger charge is -2.13. The van der Waals surface area contributed by atoms with Crippen LogP contribution in [0.5, 0.6) is 0 Å². The third-order valence-corrected chi connectivity index (χ3v) is 6.54. The Kier molecular flexibility index (Phi) is 7.13. The highest BCUT2D eigenvalue weighted by atomic mass is 32.2. The van der Waals surface area contributed by atoms with Gasteiger partial charge in [-0.15, -0.1) is 16.8 Å². The Hall–Kier alpha value is -4.16. The molecule has 0 spiro atoms. The van der Waals surface area contributed by atoms with Gasteiger partial charge in [-0.25, -0.2) is 4.39 Å². The van der Waals surface area contributed by atoms with Crippen LogP contribution in [0.1, 0.15) is 16.8 Å². The van der Waals surface area contributed by atoms with Crippen molar-refractivity contribution in [2.45, 2.75) is 25.5 Å². The summed E-state index contributed by atoms with van der Waals surface area (Å²) >= 11 is 1.18. The summed E-state index contributed by atoms with van der Waals surface area (Å²) < 4.78 is 17.9. The average molecular weight is 487 g/mol. The van der Waals surface area contributed by atoms with Gasteiger partial charge in [-0.05, 0) is 43.7 Å². The first kappa shape index (κ1) is 24.0. The molecule has 1 N–H and O–H groups in total. The van der Waals surface area contributed by atoms with E-state index in [-0.39, 0.29) is 11.7 Å². The molecule has 7 nitrogen and oxygen atoms in total. The van der Waals surface area contributed by atoms with E-state index in [2.05, 4.69) is 28.2 Å². The number of anilines is 1. The van der Waals surface area contributed by atoms with Gasteiger partial charge in [-0.1, -0.05) is 48.2 Å². The van der Waals surface area contributed by atoms with Crippen LogP contribution in [0.25, 0.3) is 17.1 Å². The Bertz CT molecular complexity index is 1430. The van der Waals surface area contributed by atoms with Crippen molar-refractivity contribution < 1.29 is 9.18 Å². The van der Waals surface area contributed by atoms with Gasteiger partial charge in [0.2, 0.25) is 5.91 Å². The standard InChI is InChI=1S/C26H23FN6OS/c1-4-14-32-25(20-12-8-9-13-22(20)27)30-31-26(32)35-16-23(34)29-24-21(15-28)17(2)18(3)33(24)19-10-6-5-7-11-19/h4-13H,1,14,16H2,2-3H3,(H,29,34). The van der Waals surface area contributed by atoms with Crippen molar-refractivity contribution in [3.63, 3.8) is 0 Å². The SMILES string of the molecule is C=CCn1c(SCC(=O)Nc2c(C#N)c(C)c(C)n2-c2ccccc2)nnc1-c1ccccc1F. The molecule has 0 fully saturated rings. The smallest absolute Gasteiger partial charge is 0.236 e. The van der Waals surface area contributed by atoms with E-state index in [4.69, 9.17) is 0 Å². The molecule has 2 heterocycles. The number of aromatic nitrogens is 4. The number of allylic oxidation sites excluding steroid dienone is 1. The van der Waals surface area contributed by atoms with Crippen molar-refractivity contribution in [2.24, 2.45) is 0 Å². The molecule has 0 unspecified atom stereocenters. The van der Waals surface area contributed by atoms with Crippen molar-refractivity contribution in [2.75, 3.05) is 11.1 Å². The van der Waals surface area contributed by atoms with Gasteiger partial charge in [-0.2, -0.15) is 5.26 Å². The summed E-state index contributed by atoms with van der Waals surface area (Å²) in [6, 6.07) is 18.1. The molecule has 1 amide bonds. The van der Waals surface area contributed by atoms with E-state index in [0.29, 0.717) is 34.5 Å². The molecule has 0 aliphatic carbocycles. The van der Waals surface area contributed by atoms with Gasteiger partial charge in [-0.3, -0.25) is 13.9 Å². The number of hydrogen-bond acceptors (Lipinski definition) is 5. The molecule has 0 saturated carbocycles. The van der Waals surface area contributed by atoms with Gasteiger partial charge in [0.1, 0.15) is 17.7 Å². The molecule has 0 radical (unpaired) electrons. The summed E-state index contributed by atoms with van der Waals surface area (Å²) in [5.74, 6) is 0.105. The maximum absolute atomic E-state index is 14.3. The van der Waals surface area contributed by atoms with Crippen LogP contribution >= 0.6 is 11.8 Å². The fourth-order valence-electron chi connectivity index (χ4n) is 3.79. The lowest BCUT2D eigenvalue weighted by molar-refractivity contribution is -0.113. The van der Waals surface area contributed by atoms with Crippen LogP contribution < -0.4 is 5.32 Å². The second-order valence-corrected chi connectivity index (χ2v) is 8.68. The molecule has 9 heteroatoms. The van der Waals surface area contributed by atoms with E-state index >= 15 is 0 Å². The molecule has 176 valence electrons. The number of hydrogen-bond donors (Lipinski definition) is 1. The molecule has 0 saturated heterocycles. The Morgan fingerprint density at radius 3 is 2.57 bits per heavy atom. The van der Waals surface area contributed by atoms with Crippen molar-refractivity contribution >= 4 is 23.5 Å². The zero-order valence-electron chi connectivity index (χ0n) is 19.3. The second-order valence-electron chi connectivity index (χ2n) is 7.74. The maximum Gasteiger partial charge on any atom is 0.236 e. The largest absolute Gasteiger partial charge is 0.310 e. The van der Waals surface area contributed by atoms with E-state index in [9.17, 15) is 14.4 Å². The highest BCUT2D eigenvalue weighted by Crippen LogP contribution is 2.31. The van der Waals surface area contributed by atoms with Crippen molar-refractivity contribution in [1.29, 1.82) is 5.26 Å². The summed E-state index contributed by atoms with van der Waals surface area (Å²) in [7, 11) is 0. The third-order valence-electron chi connectivity index (χ3n) is 5.57. The lowest BCUT2D eigenvalue weighted by Crippen LogP contribution is -2.18. The van der Waals surface area contributed by atoms with E-state index in [1.54, 1.807) is 28.8 Å². The number of carbonyl (C=O) groups is 1. The van der Waals surface area contributed by atoms with Crippen LogP contribution in [0.4, 0.5) is 10.2 Å². The number of thioether (sulfide) groups is 1. The molecular weight excluding hydrogens is 463 g/mol. The molecule has 0 atom stereocenters. The number of rotatable bonds is 8. The Labute approximate surface area is 206 Å². The number of carbonyl (C=O) groups excluding carboxylic acids is 1. The van der Waals surface area contributed by atoms with Gasteiger partial charge in [0, 0.05) is 17.9 Å². The molecule has 4 rings (SSSR count). The summed E-state index contributed by atoms with van der Waals surface area (Å²) in [5.41, 5.74) is 3.26. The zero-order valence-corrected chi connectivity index (χ0v) is 20.1. The normalized spacial score (nSPS) is 10.7. The maximum atomic E-state index is 14.3. The van der Waals surface area contributed by atoms with Gasteiger partial charge in [0.25, 0.3) is 0 Å². The summed E-state index contributed by atoms with van der Waals surface area (Å²) in [4.78, 5) is 13.0. The first-order valence-electron chi connectivity index (χ1n) is 10.8. The topological polar surface area (TPSA) is 88.5 Å². The first-order chi connectivity index (χ1) is 17.0. The van der Waals surface area contributed by atoms with E-state index in [1.165, 1.54) is 17.8 Å². The number of para-hydroxylation sites is 1. The highest BCUT2D eigenvalue weighted by molar-refractivity contribution is 7.99. The number of halogens is 1. The zero-order chi connectivity index (χ0) is 24.9. The Morgan fingerprint density at radius 1 is 1.17 bits per heavy atom. The first-order valence-corrected chi connectivity index (χ1v) is 11.8. The predicted octanol–water partition coefficient (Wildman–Crippen LogP) is 5.28. The molecule has 0 bridgehead atoms. The van der Waals surface area contributed by atoms with Crippen LogP contribution in [-0.2, 0) is 11.3 Å². The molecule has 0 aliphatic rings. The lowest BCUT2D eigenvalue weighted by atomic mass is 10.2. The Balaban J connectivity index is 1.59. The van der Waals surface area contributed by atoms with Gasteiger partial charge < -0.3 is 5.32 Å². The molecule has 2 aromatic heterocycles. The number of amides is 1. The van der Waals surface area contributed by atoms with E-state index in [1.807, 2.05) is 48.7 Å². The number of nitrogens with one attached hydrogen (secondary N) is 1.